The van der Waals surface area contributed by atoms with Gasteiger partial charge in [0, 0.05) is 23.6 Å². The molecule has 0 bridgehead atoms. The maximum atomic E-state index is 10.4. The van der Waals surface area contributed by atoms with Crippen molar-refractivity contribution in [3.8, 4) is 23.6 Å². The lowest BCUT2D eigenvalue weighted by molar-refractivity contribution is -0.107. The molecule has 0 atom stereocenters. The average Bonchev–Trinajstić information content (AvgIpc) is 2.93. The van der Waals surface area contributed by atoms with Gasteiger partial charge >= 0.3 is 0 Å². The Labute approximate surface area is 230 Å². The van der Waals surface area contributed by atoms with Crippen LogP contribution in [0.2, 0.25) is 0 Å². The summed E-state index contributed by atoms with van der Waals surface area (Å²) >= 11 is 0. The Balaban J connectivity index is 2.43. The molecule has 38 heavy (non-hydrogen) atoms. The highest BCUT2D eigenvalue weighted by atomic mass is 16.5. The first-order valence-corrected chi connectivity index (χ1v) is 13.6. The van der Waals surface area contributed by atoms with Crippen molar-refractivity contribution < 1.29 is 14.3 Å². The van der Waals surface area contributed by atoms with Gasteiger partial charge in [-0.25, -0.2) is 0 Å². The standard InChI is InChI=1S/C33H44N2O3/c1-27(12-6-5-7-21-36)13-8-16-29(25-34)17-9-14-28(2)15-10-18-30(26-35)19-11-20-31-22-32(37-3)24-33(23-31)38-4/h13,15,17,19,21-24H,5-12,14,16,18,20H2,1-4H3/b27-13+,28-15+,29-17-,30-19-. The van der Waals surface area contributed by atoms with Crippen molar-refractivity contribution in [1.82, 2.24) is 0 Å². The quantitative estimate of drug-likeness (QED) is 0.0796. The molecule has 1 aromatic rings. The molecule has 0 N–H and O–H groups in total. The Morgan fingerprint density at radius 1 is 0.711 bits per heavy atom. The summed E-state index contributed by atoms with van der Waals surface area (Å²) in [5, 5.41) is 19.0. The fourth-order valence-electron chi connectivity index (χ4n) is 4.09. The van der Waals surface area contributed by atoms with Crippen LogP contribution in [0, 0.1) is 22.7 Å². The molecule has 0 aliphatic heterocycles. The van der Waals surface area contributed by atoms with E-state index in [-0.39, 0.29) is 0 Å². The van der Waals surface area contributed by atoms with Crippen molar-refractivity contribution in [3.05, 3.63) is 70.4 Å². The highest BCUT2D eigenvalue weighted by Crippen LogP contribution is 2.23. The second-order valence-corrected chi connectivity index (χ2v) is 9.57. The highest BCUT2D eigenvalue weighted by Gasteiger charge is 2.03. The van der Waals surface area contributed by atoms with E-state index in [1.54, 1.807) is 14.2 Å². The number of hydrogen-bond donors (Lipinski definition) is 0. The van der Waals surface area contributed by atoms with Crippen LogP contribution >= 0.6 is 0 Å². The molecule has 5 nitrogen and oxygen atoms in total. The minimum atomic E-state index is 0.639. The van der Waals surface area contributed by atoms with E-state index in [0.717, 1.165) is 105 Å². The van der Waals surface area contributed by atoms with Gasteiger partial charge in [-0.3, -0.25) is 0 Å². The van der Waals surface area contributed by atoms with E-state index in [9.17, 15) is 15.3 Å². The van der Waals surface area contributed by atoms with Crippen molar-refractivity contribution in [3.63, 3.8) is 0 Å². The molecule has 0 aliphatic rings. The Hall–Kier alpha value is -3.57. The molecule has 0 heterocycles. The third-order valence-corrected chi connectivity index (χ3v) is 6.41. The van der Waals surface area contributed by atoms with Crippen LogP contribution in [-0.2, 0) is 11.2 Å². The number of nitrogens with zero attached hydrogens (tertiary/aromatic N) is 2. The summed E-state index contributed by atoms with van der Waals surface area (Å²) in [6.45, 7) is 4.23. The molecule has 0 saturated heterocycles. The summed E-state index contributed by atoms with van der Waals surface area (Å²) in [7, 11) is 3.28. The fraction of sp³-hybridized carbons (Fsp3) is 0.485. The number of aldehydes is 1. The van der Waals surface area contributed by atoms with Crippen LogP contribution in [0.1, 0.15) is 90.0 Å². The lowest BCUT2D eigenvalue weighted by atomic mass is 10.0. The number of aryl methyl sites for hydroxylation is 1. The molecular formula is C33H44N2O3. The zero-order valence-corrected chi connectivity index (χ0v) is 23.7. The van der Waals surface area contributed by atoms with Gasteiger partial charge in [-0.15, -0.1) is 0 Å². The smallest absolute Gasteiger partial charge is 0.122 e. The lowest BCUT2D eigenvalue weighted by Crippen LogP contribution is -1.91. The number of carbonyl (C=O) groups is 1. The van der Waals surface area contributed by atoms with E-state index < -0.39 is 0 Å². The molecule has 0 unspecified atom stereocenters. The lowest BCUT2D eigenvalue weighted by Gasteiger charge is -2.07. The Bertz CT molecular complexity index is 1040. The summed E-state index contributed by atoms with van der Waals surface area (Å²) in [5.41, 5.74) is 5.38. The van der Waals surface area contributed by atoms with Crippen LogP contribution in [0.3, 0.4) is 0 Å². The SMILES string of the molecule is COc1cc(CC/C=C(\C#N)CC/C=C(\C)CC/C=C(\C#N)CC/C=C(\C)CCCCC=O)cc(OC)c1. The second-order valence-electron chi connectivity index (χ2n) is 9.57. The second kappa shape index (κ2) is 20.5. The molecule has 0 saturated carbocycles. The van der Waals surface area contributed by atoms with Crippen molar-refractivity contribution in [2.45, 2.75) is 90.9 Å². The van der Waals surface area contributed by atoms with Gasteiger partial charge in [0.25, 0.3) is 0 Å². The van der Waals surface area contributed by atoms with Gasteiger partial charge in [0.15, 0.2) is 0 Å². The third-order valence-electron chi connectivity index (χ3n) is 6.41. The molecule has 204 valence electrons. The summed E-state index contributed by atoms with van der Waals surface area (Å²) < 4.78 is 10.7. The summed E-state index contributed by atoms with van der Waals surface area (Å²) in [4.78, 5) is 10.4. The number of ether oxygens (including phenoxy) is 2. The van der Waals surface area contributed by atoms with E-state index in [1.807, 2.05) is 24.3 Å². The van der Waals surface area contributed by atoms with Gasteiger partial charge in [0.05, 0.1) is 26.4 Å². The monoisotopic (exact) mass is 516 g/mol. The van der Waals surface area contributed by atoms with Crippen molar-refractivity contribution in [2.75, 3.05) is 14.2 Å². The first-order chi connectivity index (χ1) is 18.4. The molecule has 0 amide bonds. The first kappa shape index (κ1) is 32.5. The topological polar surface area (TPSA) is 83.1 Å². The molecule has 1 rings (SSSR count). The summed E-state index contributed by atoms with van der Waals surface area (Å²) in [5.74, 6) is 1.54. The van der Waals surface area contributed by atoms with Crippen LogP contribution in [0.4, 0.5) is 0 Å². The summed E-state index contributed by atoms with van der Waals surface area (Å²) in [6, 6.07) is 10.5. The van der Waals surface area contributed by atoms with Crippen molar-refractivity contribution in [2.24, 2.45) is 0 Å². The normalized spacial score (nSPS) is 12.6. The predicted molar refractivity (Wildman–Crippen MR) is 155 cm³/mol. The third kappa shape index (κ3) is 14.9. The van der Waals surface area contributed by atoms with Crippen molar-refractivity contribution >= 4 is 6.29 Å². The number of carbonyl (C=O) groups excluding carboxylic acids is 1. The van der Waals surface area contributed by atoms with E-state index >= 15 is 0 Å². The van der Waals surface area contributed by atoms with Gasteiger partial charge < -0.3 is 14.3 Å². The molecule has 1 aromatic carbocycles. The minimum Gasteiger partial charge on any atom is -0.497 e. The number of hydrogen-bond acceptors (Lipinski definition) is 5. The maximum absolute atomic E-state index is 10.4. The van der Waals surface area contributed by atoms with E-state index in [0.29, 0.717) is 6.42 Å². The van der Waals surface area contributed by atoms with Crippen LogP contribution in [0.15, 0.2) is 64.8 Å². The van der Waals surface area contributed by atoms with E-state index in [1.165, 1.54) is 11.1 Å². The number of benzene rings is 1. The van der Waals surface area contributed by atoms with Gasteiger partial charge in [0.2, 0.25) is 0 Å². The van der Waals surface area contributed by atoms with Crippen LogP contribution in [0.25, 0.3) is 0 Å². The van der Waals surface area contributed by atoms with Gasteiger partial charge in [-0.2, -0.15) is 10.5 Å². The number of rotatable bonds is 19. The average molecular weight is 517 g/mol. The molecule has 0 radical (unpaired) electrons. The molecular weight excluding hydrogens is 472 g/mol. The Kier molecular flexibility index (Phi) is 17.5. The first-order valence-electron chi connectivity index (χ1n) is 13.6. The molecule has 0 fully saturated rings. The Morgan fingerprint density at radius 2 is 1.24 bits per heavy atom. The molecule has 0 aromatic heterocycles. The number of methoxy groups -OCH3 is 2. The summed E-state index contributed by atoms with van der Waals surface area (Å²) in [6.07, 6.45) is 19.7. The fourth-order valence-corrected chi connectivity index (χ4v) is 4.09. The molecule has 0 spiro atoms. The largest absolute Gasteiger partial charge is 0.497 e. The zero-order valence-electron chi connectivity index (χ0n) is 23.7. The van der Waals surface area contributed by atoms with Crippen molar-refractivity contribution in [1.29, 1.82) is 10.5 Å². The number of nitriles is 2. The van der Waals surface area contributed by atoms with E-state index in [2.05, 4.69) is 44.2 Å². The Morgan fingerprint density at radius 3 is 1.76 bits per heavy atom. The van der Waals surface area contributed by atoms with Gasteiger partial charge in [-0.1, -0.05) is 35.5 Å². The number of allylic oxidation sites excluding steroid dienone is 8. The van der Waals surface area contributed by atoms with Gasteiger partial charge in [0.1, 0.15) is 17.8 Å². The zero-order chi connectivity index (χ0) is 28.0. The highest BCUT2D eigenvalue weighted by molar-refractivity contribution is 5.48. The maximum Gasteiger partial charge on any atom is 0.122 e. The van der Waals surface area contributed by atoms with Crippen LogP contribution < -0.4 is 9.47 Å². The van der Waals surface area contributed by atoms with Gasteiger partial charge in [-0.05, 0) is 102 Å². The predicted octanol–water partition coefficient (Wildman–Crippen LogP) is 8.53. The molecule has 5 heteroatoms. The van der Waals surface area contributed by atoms with Crippen LogP contribution in [-0.4, -0.2) is 20.5 Å². The number of unbranched alkanes of at least 4 members (excludes halogenated alkanes) is 2. The minimum absolute atomic E-state index is 0.639. The van der Waals surface area contributed by atoms with Crippen LogP contribution in [0.5, 0.6) is 11.5 Å². The van der Waals surface area contributed by atoms with E-state index in [4.69, 9.17) is 9.47 Å². The molecule has 0 aliphatic carbocycles.